The van der Waals surface area contributed by atoms with Crippen LogP contribution in [0.2, 0.25) is 0 Å². The maximum Gasteiger partial charge on any atom is 0.328 e. The van der Waals surface area contributed by atoms with Crippen LogP contribution in [-0.2, 0) is 23.9 Å². The van der Waals surface area contributed by atoms with Crippen LogP contribution in [0.5, 0.6) is 11.5 Å². The van der Waals surface area contributed by atoms with Crippen LogP contribution < -0.4 is 14.8 Å². The number of nitrogens with one attached hydrogen (secondary N) is 1. The molecule has 9 heteroatoms. The molecule has 1 aliphatic rings. The number of Topliss-reactive ketones (excluding diaryl/α,β-unsaturated/α-hetero) is 1. The van der Waals surface area contributed by atoms with Gasteiger partial charge in [0.25, 0.3) is 5.91 Å². The molecule has 0 spiro atoms. The predicted molar refractivity (Wildman–Crippen MR) is 105 cm³/mol. The number of methoxy groups -OCH3 is 1. The zero-order chi connectivity index (χ0) is 22.1. The number of hydrogen-bond acceptors (Lipinski definition) is 8. The summed E-state index contributed by atoms with van der Waals surface area (Å²) in [7, 11) is 1.24. The molecule has 2 rings (SSSR count). The molecule has 1 unspecified atom stereocenters. The predicted octanol–water partition coefficient (Wildman–Crippen LogP) is 1.67. The molecular weight excluding hydrogens is 394 g/mol. The number of carbonyl (C=O) groups excluding carboxylic acids is 4. The Hall–Kier alpha value is -3.10. The topological polar surface area (TPSA) is 117 Å². The van der Waals surface area contributed by atoms with Gasteiger partial charge in [0.1, 0.15) is 19.3 Å². The van der Waals surface area contributed by atoms with Crippen molar-refractivity contribution in [3.8, 4) is 11.5 Å². The molecule has 1 aromatic rings. The maximum atomic E-state index is 12.3. The summed E-state index contributed by atoms with van der Waals surface area (Å²) in [6.07, 6.45) is 0.154. The van der Waals surface area contributed by atoms with E-state index in [1.807, 2.05) is 13.8 Å². The summed E-state index contributed by atoms with van der Waals surface area (Å²) in [5.74, 6) is -0.890. The van der Waals surface area contributed by atoms with Gasteiger partial charge in [-0.2, -0.15) is 0 Å². The van der Waals surface area contributed by atoms with Crippen molar-refractivity contribution < 1.29 is 38.1 Å². The van der Waals surface area contributed by atoms with Gasteiger partial charge >= 0.3 is 11.9 Å². The Morgan fingerprint density at radius 2 is 1.77 bits per heavy atom. The molecule has 0 radical (unpaired) electrons. The van der Waals surface area contributed by atoms with Crippen molar-refractivity contribution in [1.29, 1.82) is 0 Å². The Kier molecular flexibility index (Phi) is 8.64. The van der Waals surface area contributed by atoms with Crippen LogP contribution in [-0.4, -0.2) is 56.6 Å². The van der Waals surface area contributed by atoms with Crippen LogP contribution in [0.1, 0.15) is 43.5 Å². The highest BCUT2D eigenvalue weighted by Crippen LogP contribution is 2.31. The quantitative estimate of drug-likeness (QED) is 0.448. The van der Waals surface area contributed by atoms with Crippen molar-refractivity contribution in [3.63, 3.8) is 0 Å². The molecule has 1 aromatic carbocycles. The van der Waals surface area contributed by atoms with E-state index in [9.17, 15) is 19.2 Å². The van der Waals surface area contributed by atoms with Crippen molar-refractivity contribution in [2.75, 3.05) is 26.9 Å². The van der Waals surface area contributed by atoms with Gasteiger partial charge in [-0.05, 0) is 30.5 Å². The van der Waals surface area contributed by atoms with Gasteiger partial charge in [0.15, 0.2) is 23.9 Å². The Balaban J connectivity index is 1.76. The second kappa shape index (κ2) is 11.2. The molecule has 1 atom stereocenters. The number of fused-ring (bicyclic) bond motifs is 1. The second-order valence-electron chi connectivity index (χ2n) is 7.22. The molecule has 1 amide bonds. The van der Waals surface area contributed by atoms with Crippen LogP contribution in [0.25, 0.3) is 0 Å². The number of amides is 1. The summed E-state index contributed by atoms with van der Waals surface area (Å²) in [5, 5.41) is 2.49. The molecule has 0 aliphatic carbocycles. The van der Waals surface area contributed by atoms with Gasteiger partial charge in [0.2, 0.25) is 0 Å². The van der Waals surface area contributed by atoms with Crippen LogP contribution >= 0.6 is 0 Å². The van der Waals surface area contributed by atoms with Gasteiger partial charge in [-0.3, -0.25) is 14.4 Å². The second-order valence-corrected chi connectivity index (χ2v) is 7.22. The number of rotatable bonds is 10. The number of benzene rings is 1. The zero-order valence-corrected chi connectivity index (χ0v) is 17.4. The highest BCUT2D eigenvalue weighted by molar-refractivity contribution is 5.98. The fraction of sp³-hybridized carbons (Fsp3) is 0.524. The standard InChI is InChI=1S/C21H27NO8/c1-13(2)10-15(21(26)27-3)22-19(24)12-30-20(25)7-5-16(23)14-4-6-17-18(11-14)29-9-8-28-17/h4,6,11,13,15H,5,7-10,12H2,1-3H3,(H,22,24). The summed E-state index contributed by atoms with van der Waals surface area (Å²) < 4.78 is 20.4. The zero-order valence-electron chi connectivity index (χ0n) is 17.4. The fourth-order valence-electron chi connectivity index (χ4n) is 2.86. The molecule has 0 fully saturated rings. The lowest BCUT2D eigenvalue weighted by atomic mass is 10.0. The van der Waals surface area contributed by atoms with Crippen molar-refractivity contribution in [2.24, 2.45) is 5.92 Å². The Morgan fingerprint density at radius 3 is 2.43 bits per heavy atom. The van der Waals surface area contributed by atoms with E-state index >= 15 is 0 Å². The number of hydrogen-bond donors (Lipinski definition) is 1. The average molecular weight is 421 g/mol. The van der Waals surface area contributed by atoms with Gasteiger partial charge < -0.3 is 24.3 Å². The third-order valence-electron chi connectivity index (χ3n) is 4.31. The van der Waals surface area contributed by atoms with Crippen molar-refractivity contribution in [3.05, 3.63) is 23.8 Å². The molecule has 30 heavy (non-hydrogen) atoms. The molecule has 0 bridgehead atoms. The molecular formula is C21H27NO8. The fourth-order valence-corrected chi connectivity index (χ4v) is 2.86. The van der Waals surface area contributed by atoms with Crippen LogP contribution in [0.15, 0.2) is 18.2 Å². The number of carbonyl (C=O) groups is 4. The lowest BCUT2D eigenvalue weighted by molar-refractivity contribution is -0.150. The molecule has 164 valence electrons. The van der Waals surface area contributed by atoms with Crippen molar-refractivity contribution in [2.45, 2.75) is 39.2 Å². The summed E-state index contributed by atoms with van der Waals surface area (Å²) in [6, 6.07) is 4.03. The van der Waals surface area contributed by atoms with Crippen LogP contribution in [0, 0.1) is 5.92 Å². The molecule has 1 N–H and O–H groups in total. The first-order valence-corrected chi connectivity index (χ1v) is 9.75. The SMILES string of the molecule is COC(=O)C(CC(C)C)NC(=O)COC(=O)CCC(=O)c1ccc2c(c1)OCCO2. The van der Waals surface area contributed by atoms with E-state index in [1.165, 1.54) is 7.11 Å². The van der Waals surface area contributed by atoms with Gasteiger partial charge in [0, 0.05) is 12.0 Å². The van der Waals surface area contributed by atoms with E-state index in [1.54, 1.807) is 18.2 Å². The molecule has 0 saturated heterocycles. The van der Waals surface area contributed by atoms with Gasteiger partial charge in [-0.25, -0.2) is 4.79 Å². The molecule has 0 saturated carbocycles. The van der Waals surface area contributed by atoms with Gasteiger partial charge in [-0.15, -0.1) is 0 Å². The summed E-state index contributed by atoms with van der Waals surface area (Å²) >= 11 is 0. The normalized spacial score (nSPS) is 13.3. The van der Waals surface area contributed by atoms with E-state index in [2.05, 4.69) is 10.1 Å². The molecule has 1 aliphatic heterocycles. The highest BCUT2D eigenvalue weighted by Gasteiger charge is 2.23. The van der Waals surface area contributed by atoms with E-state index in [-0.39, 0.29) is 24.5 Å². The minimum Gasteiger partial charge on any atom is -0.486 e. The summed E-state index contributed by atoms with van der Waals surface area (Å²) in [4.78, 5) is 47.9. The number of ether oxygens (including phenoxy) is 4. The summed E-state index contributed by atoms with van der Waals surface area (Å²) in [5.41, 5.74) is 0.402. The monoisotopic (exact) mass is 421 g/mol. The minimum absolute atomic E-state index is 0.0712. The number of ketones is 1. The van der Waals surface area contributed by atoms with Crippen molar-refractivity contribution >= 4 is 23.6 Å². The van der Waals surface area contributed by atoms with E-state index in [0.29, 0.717) is 36.7 Å². The summed E-state index contributed by atoms with van der Waals surface area (Å²) in [6.45, 7) is 4.13. The maximum absolute atomic E-state index is 12.3. The van der Waals surface area contributed by atoms with Crippen LogP contribution in [0.4, 0.5) is 0 Å². The van der Waals surface area contributed by atoms with Gasteiger partial charge in [-0.1, -0.05) is 13.8 Å². The van der Waals surface area contributed by atoms with E-state index < -0.39 is 30.5 Å². The smallest absolute Gasteiger partial charge is 0.328 e. The number of esters is 2. The van der Waals surface area contributed by atoms with Crippen LogP contribution in [0.3, 0.4) is 0 Å². The lowest BCUT2D eigenvalue weighted by Gasteiger charge is -2.18. The highest BCUT2D eigenvalue weighted by atomic mass is 16.6. The Morgan fingerprint density at radius 1 is 1.07 bits per heavy atom. The average Bonchev–Trinajstić information content (AvgIpc) is 2.74. The Labute approximate surface area is 175 Å². The Bertz CT molecular complexity index is 789. The third-order valence-corrected chi connectivity index (χ3v) is 4.31. The van der Waals surface area contributed by atoms with Gasteiger partial charge in [0.05, 0.1) is 13.5 Å². The largest absolute Gasteiger partial charge is 0.486 e. The molecule has 0 aromatic heterocycles. The van der Waals surface area contributed by atoms with E-state index in [0.717, 1.165) is 0 Å². The lowest BCUT2D eigenvalue weighted by Crippen LogP contribution is -2.44. The first-order valence-electron chi connectivity index (χ1n) is 9.75. The minimum atomic E-state index is -0.807. The first kappa shape index (κ1) is 23.2. The first-order chi connectivity index (χ1) is 14.3. The van der Waals surface area contributed by atoms with Crippen molar-refractivity contribution in [1.82, 2.24) is 5.32 Å². The third kappa shape index (κ3) is 7.06. The van der Waals surface area contributed by atoms with E-state index in [4.69, 9.17) is 14.2 Å². The molecule has 9 nitrogen and oxygen atoms in total. The molecule has 1 heterocycles.